The van der Waals surface area contributed by atoms with E-state index in [1.165, 1.54) is 12.4 Å². The van der Waals surface area contributed by atoms with Gasteiger partial charge in [0.25, 0.3) is 5.91 Å². The van der Waals surface area contributed by atoms with Gasteiger partial charge in [0.1, 0.15) is 0 Å². The Bertz CT molecular complexity index is 929. The fraction of sp³-hybridized carbons (Fsp3) is 0.105. The highest BCUT2D eigenvalue weighted by Gasteiger charge is 2.09. The number of carbonyl (C=O) groups is 1. The number of nitrogens with one attached hydrogen (secondary N) is 2. The van der Waals surface area contributed by atoms with Crippen LogP contribution >= 0.6 is 23.2 Å². The second-order valence-electron chi connectivity index (χ2n) is 5.66. The molecule has 0 fully saturated rings. The zero-order valence-corrected chi connectivity index (χ0v) is 15.5. The van der Waals surface area contributed by atoms with Crippen LogP contribution < -0.4 is 10.6 Å². The summed E-state index contributed by atoms with van der Waals surface area (Å²) in [7, 11) is 0. The molecule has 0 aliphatic rings. The van der Waals surface area contributed by atoms with Crippen LogP contribution in [0.25, 0.3) is 0 Å². The number of benzene rings is 2. The summed E-state index contributed by atoms with van der Waals surface area (Å²) in [5.74, 6) is 0.113. The number of anilines is 2. The number of nitrogens with zero attached hydrogens (tertiary/aromatic N) is 2. The summed E-state index contributed by atoms with van der Waals surface area (Å²) >= 11 is 12.2. The first kappa shape index (κ1) is 18.2. The molecular weight excluding hydrogens is 371 g/mol. The minimum Gasteiger partial charge on any atom is -0.350 e. The first-order valence-corrected chi connectivity index (χ1v) is 8.65. The first-order valence-electron chi connectivity index (χ1n) is 7.90. The fourth-order valence-electron chi connectivity index (χ4n) is 2.23. The zero-order chi connectivity index (χ0) is 18.5. The molecule has 1 heterocycles. The van der Waals surface area contributed by atoms with Crippen LogP contribution in [0, 0.1) is 6.92 Å². The standard InChI is InChI=1S/C19H16Cl2N4O/c1-12-6-7-15(8-17(12)21)25-18(26)14-10-23-19(24-11-14)22-9-13-4-2-3-5-16(13)20/h2-8,10-11H,9H2,1H3,(H,25,26)(H,22,23,24). The Labute approximate surface area is 161 Å². The second kappa shape index (κ2) is 8.17. The van der Waals surface area contributed by atoms with Crippen molar-refractivity contribution in [1.82, 2.24) is 9.97 Å². The molecule has 1 amide bonds. The van der Waals surface area contributed by atoms with E-state index in [1.807, 2.05) is 37.3 Å². The van der Waals surface area contributed by atoms with Crippen LogP contribution in [0.15, 0.2) is 54.9 Å². The number of halogens is 2. The van der Waals surface area contributed by atoms with Gasteiger partial charge in [-0.1, -0.05) is 47.5 Å². The van der Waals surface area contributed by atoms with Crippen LogP contribution in [-0.4, -0.2) is 15.9 Å². The Morgan fingerprint density at radius 1 is 1.04 bits per heavy atom. The van der Waals surface area contributed by atoms with E-state index in [9.17, 15) is 4.79 Å². The maximum Gasteiger partial charge on any atom is 0.258 e. The molecule has 0 aliphatic carbocycles. The average Bonchev–Trinajstić information content (AvgIpc) is 2.64. The van der Waals surface area contributed by atoms with E-state index in [1.54, 1.807) is 12.1 Å². The quantitative estimate of drug-likeness (QED) is 0.650. The van der Waals surface area contributed by atoms with Gasteiger partial charge in [0.05, 0.1) is 5.56 Å². The van der Waals surface area contributed by atoms with Crippen molar-refractivity contribution < 1.29 is 4.79 Å². The third-order valence-electron chi connectivity index (χ3n) is 3.74. The van der Waals surface area contributed by atoms with Crippen molar-refractivity contribution in [2.75, 3.05) is 10.6 Å². The van der Waals surface area contributed by atoms with Crippen molar-refractivity contribution in [3.05, 3.63) is 81.6 Å². The molecule has 0 saturated heterocycles. The maximum absolute atomic E-state index is 12.3. The molecule has 0 bridgehead atoms. The van der Waals surface area contributed by atoms with Gasteiger partial charge in [-0.05, 0) is 36.2 Å². The van der Waals surface area contributed by atoms with Crippen molar-refractivity contribution in [2.45, 2.75) is 13.5 Å². The van der Waals surface area contributed by atoms with E-state index in [-0.39, 0.29) is 5.91 Å². The molecule has 2 aromatic carbocycles. The van der Waals surface area contributed by atoms with Gasteiger partial charge in [0, 0.05) is 34.7 Å². The van der Waals surface area contributed by atoms with Gasteiger partial charge in [0.15, 0.2) is 0 Å². The second-order valence-corrected chi connectivity index (χ2v) is 6.47. The van der Waals surface area contributed by atoms with E-state index in [0.29, 0.717) is 33.8 Å². The van der Waals surface area contributed by atoms with Gasteiger partial charge in [-0.15, -0.1) is 0 Å². The topological polar surface area (TPSA) is 66.9 Å². The number of rotatable bonds is 5. The Hall–Kier alpha value is -2.63. The minimum absolute atomic E-state index is 0.303. The number of hydrogen-bond acceptors (Lipinski definition) is 4. The normalized spacial score (nSPS) is 10.4. The summed E-state index contributed by atoms with van der Waals surface area (Å²) < 4.78 is 0. The Morgan fingerprint density at radius 3 is 2.46 bits per heavy atom. The van der Waals surface area contributed by atoms with Crippen molar-refractivity contribution in [3.8, 4) is 0 Å². The van der Waals surface area contributed by atoms with Gasteiger partial charge in [-0.3, -0.25) is 4.79 Å². The molecule has 0 saturated carbocycles. The smallest absolute Gasteiger partial charge is 0.258 e. The highest BCUT2D eigenvalue weighted by molar-refractivity contribution is 6.31. The van der Waals surface area contributed by atoms with Gasteiger partial charge in [0.2, 0.25) is 5.95 Å². The van der Waals surface area contributed by atoms with Gasteiger partial charge in [-0.2, -0.15) is 0 Å². The highest BCUT2D eigenvalue weighted by Crippen LogP contribution is 2.20. The Balaban J connectivity index is 1.62. The van der Waals surface area contributed by atoms with Gasteiger partial charge < -0.3 is 10.6 Å². The zero-order valence-electron chi connectivity index (χ0n) is 14.0. The van der Waals surface area contributed by atoms with Crippen molar-refractivity contribution >= 4 is 40.7 Å². The largest absolute Gasteiger partial charge is 0.350 e. The molecule has 7 heteroatoms. The molecular formula is C19H16Cl2N4O. The van der Waals surface area contributed by atoms with Crippen LogP contribution in [0.4, 0.5) is 11.6 Å². The molecule has 2 N–H and O–H groups in total. The summed E-state index contributed by atoms with van der Waals surface area (Å²) in [5.41, 5.74) is 2.86. The van der Waals surface area contributed by atoms with Crippen molar-refractivity contribution in [2.24, 2.45) is 0 Å². The minimum atomic E-state index is -0.303. The lowest BCUT2D eigenvalue weighted by atomic mass is 10.2. The summed E-state index contributed by atoms with van der Waals surface area (Å²) in [6.45, 7) is 2.39. The van der Waals surface area contributed by atoms with Crippen LogP contribution in [0.2, 0.25) is 10.0 Å². The lowest BCUT2D eigenvalue weighted by Gasteiger charge is -2.08. The maximum atomic E-state index is 12.3. The number of aryl methyl sites for hydroxylation is 1. The monoisotopic (exact) mass is 386 g/mol. The third-order valence-corrected chi connectivity index (χ3v) is 4.51. The van der Waals surface area contributed by atoms with E-state index >= 15 is 0 Å². The van der Waals surface area contributed by atoms with Gasteiger partial charge in [-0.25, -0.2) is 9.97 Å². The highest BCUT2D eigenvalue weighted by atomic mass is 35.5. The number of hydrogen-bond donors (Lipinski definition) is 2. The number of amides is 1. The predicted octanol–water partition coefficient (Wildman–Crippen LogP) is 4.96. The number of aromatic nitrogens is 2. The van der Waals surface area contributed by atoms with Crippen LogP contribution in [0.3, 0.4) is 0 Å². The number of carbonyl (C=O) groups excluding carboxylic acids is 1. The lowest BCUT2D eigenvalue weighted by molar-refractivity contribution is 0.102. The Kier molecular flexibility index (Phi) is 5.71. The summed E-state index contributed by atoms with van der Waals surface area (Å²) in [6.07, 6.45) is 2.93. The molecule has 3 rings (SSSR count). The fourth-order valence-corrected chi connectivity index (χ4v) is 2.61. The molecule has 0 atom stereocenters. The van der Waals surface area contributed by atoms with Crippen molar-refractivity contribution in [3.63, 3.8) is 0 Å². The SMILES string of the molecule is Cc1ccc(NC(=O)c2cnc(NCc3ccccc3Cl)nc2)cc1Cl. The van der Waals surface area contributed by atoms with Crippen molar-refractivity contribution in [1.29, 1.82) is 0 Å². The van der Waals surface area contributed by atoms with E-state index < -0.39 is 0 Å². The van der Waals surface area contributed by atoms with Crippen LogP contribution in [0.1, 0.15) is 21.5 Å². The van der Waals surface area contributed by atoms with Crippen LogP contribution in [0.5, 0.6) is 0 Å². The summed E-state index contributed by atoms with van der Waals surface area (Å²) in [6, 6.07) is 12.9. The molecule has 0 unspecified atom stereocenters. The predicted molar refractivity (Wildman–Crippen MR) is 105 cm³/mol. The molecule has 132 valence electrons. The average molecular weight is 387 g/mol. The molecule has 26 heavy (non-hydrogen) atoms. The lowest BCUT2D eigenvalue weighted by Crippen LogP contribution is -2.13. The van der Waals surface area contributed by atoms with Crippen LogP contribution in [-0.2, 0) is 6.54 Å². The van der Waals surface area contributed by atoms with Gasteiger partial charge >= 0.3 is 0 Å². The molecule has 3 aromatic rings. The molecule has 1 aromatic heterocycles. The first-order chi connectivity index (χ1) is 12.5. The summed E-state index contributed by atoms with van der Waals surface area (Å²) in [5, 5.41) is 7.11. The van der Waals surface area contributed by atoms with E-state index in [2.05, 4.69) is 20.6 Å². The third kappa shape index (κ3) is 4.50. The summed E-state index contributed by atoms with van der Waals surface area (Å²) in [4.78, 5) is 20.6. The molecule has 0 radical (unpaired) electrons. The Morgan fingerprint density at radius 2 is 1.77 bits per heavy atom. The molecule has 0 spiro atoms. The van der Waals surface area contributed by atoms with E-state index in [0.717, 1.165) is 11.1 Å². The molecule has 0 aliphatic heterocycles. The molecule has 5 nitrogen and oxygen atoms in total. The van der Waals surface area contributed by atoms with E-state index in [4.69, 9.17) is 23.2 Å².